The van der Waals surface area contributed by atoms with Crippen molar-refractivity contribution < 1.29 is 9.16 Å². The van der Waals surface area contributed by atoms with Crippen LogP contribution in [0.1, 0.15) is 53.4 Å². The highest BCUT2D eigenvalue weighted by Gasteiger charge is 2.43. The van der Waals surface area contributed by atoms with Gasteiger partial charge in [0.15, 0.2) is 8.32 Å². The summed E-state index contributed by atoms with van der Waals surface area (Å²) in [5.74, 6) is -0.177. The Morgan fingerprint density at radius 1 is 1.16 bits per heavy atom. The van der Waals surface area contributed by atoms with E-state index in [1.807, 2.05) is 19.1 Å². The van der Waals surface area contributed by atoms with Crippen molar-refractivity contribution in [3.05, 3.63) is 12.2 Å². The lowest BCUT2D eigenvalue weighted by Crippen LogP contribution is -2.49. The molecule has 146 valence electrons. The number of halogens is 3. The molecular weight excluding hydrogens is 397 g/mol. The van der Waals surface area contributed by atoms with E-state index < -0.39 is 12.1 Å². The van der Waals surface area contributed by atoms with Crippen molar-refractivity contribution in [3.63, 3.8) is 0 Å². The number of hydrogen-bond donors (Lipinski definition) is 1. The van der Waals surface area contributed by atoms with Crippen LogP contribution in [-0.4, -0.2) is 30.2 Å². The van der Waals surface area contributed by atoms with E-state index in [-0.39, 0.29) is 29.1 Å². The lowest BCUT2D eigenvalue weighted by Gasteiger charge is -2.44. The van der Waals surface area contributed by atoms with E-state index in [4.69, 9.17) is 49.4 Å². The summed E-state index contributed by atoms with van der Waals surface area (Å²) in [6, 6.07) is 0. The molecule has 0 aromatic heterocycles. The summed E-state index contributed by atoms with van der Waals surface area (Å²) in [7, 11) is -1.89. The Hall–Kier alpha value is 0.257. The van der Waals surface area contributed by atoms with Crippen LogP contribution in [0, 0.1) is 11.3 Å². The molecule has 1 fully saturated rings. The second-order valence-electron chi connectivity index (χ2n) is 8.30. The van der Waals surface area contributed by atoms with E-state index in [2.05, 4.69) is 33.9 Å². The summed E-state index contributed by atoms with van der Waals surface area (Å²) < 4.78 is 10.6. The Bertz CT molecular complexity index is 484. The van der Waals surface area contributed by atoms with Crippen molar-refractivity contribution in [2.24, 2.45) is 5.92 Å². The van der Waals surface area contributed by atoms with Gasteiger partial charge in [-0.15, -0.1) is 0 Å². The molecule has 1 aliphatic carbocycles. The van der Waals surface area contributed by atoms with E-state index in [9.17, 15) is 0 Å². The third-order valence-electron chi connectivity index (χ3n) is 5.32. The van der Waals surface area contributed by atoms with Crippen LogP contribution in [0.25, 0.3) is 0 Å². The third-order valence-corrected chi connectivity index (χ3v) is 10.3. The maximum Gasteiger partial charge on any atom is 0.265 e. The van der Waals surface area contributed by atoms with Crippen LogP contribution in [-0.2, 0) is 9.16 Å². The van der Waals surface area contributed by atoms with Crippen molar-refractivity contribution in [1.82, 2.24) is 0 Å². The van der Waals surface area contributed by atoms with Gasteiger partial charge in [0.1, 0.15) is 6.10 Å². The summed E-state index contributed by atoms with van der Waals surface area (Å²) in [5.41, 5.74) is 0. The number of ether oxygens (including phenoxy) is 1. The Kier molecular flexibility index (Phi) is 8.35. The fourth-order valence-corrected chi connectivity index (χ4v) is 4.40. The van der Waals surface area contributed by atoms with Gasteiger partial charge in [-0.1, -0.05) is 74.5 Å². The minimum atomic E-state index is -1.89. The molecule has 0 heterocycles. The summed E-state index contributed by atoms with van der Waals surface area (Å²) >= 11 is 17.4. The second-order valence-corrected chi connectivity index (χ2v) is 15.3. The lowest BCUT2D eigenvalue weighted by molar-refractivity contribution is 0.0191. The minimum Gasteiger partial charge on any atom is -0.470 e. The summed E-state index contributed by atoms with van der Waals surface area (Å²) in [6.07, 6.45) is 7.94. The van der Waals surface area contributed by atoms with Gasteiger partial charge in [0.05, 0.1) is 6.10 Å². The number of alkyl halides is 3. The van der Waals surface area contributed by atoms with Gasteiger partial charge in [-0.05, 0) is 44.0 Å². The highest BCUT2D eigenvalue weighted by Crippen LogP contribution is 2.41. The van der Waals surface area contributed by atoms with E-state index >= 15 is 0 Å². The predicted molar refractivity (Wildman–Crippen MR) is 112 cm³/mol. The average molecular weight is 429 g/mol. The molecule has 0 aliphatic heterocycles. The molecule has 25 heavy (non-hydrogen) atoms. The lowest BCUT2D eigenvalue weighted by atomic mass is 9.82. The highest BCUT2D eigenvalue weighted by molar-refractivity contribution is 6.76. The van der Waals surface area contributed by atoms with Gasteiger partial charge in [-0.25, -0.2) is 0 Å². The van der Waals surface area contributed by atoms with Crippen LogP contribution >= 0.6 is 34.8 Å². The first-order valence-electron chi connectivity index (χ1n) is 8.92. The molecule has 3 nitrogen and oxygen atoms in total. The molecule has 0 amide bonds. The van der Waals surface area contributed by atoms with Gasteiger partial charge in [-0.2, -0.15) is 0 Å². The first kappa shape index (κ1) is 23.3. The van der Waals surface area contributed by atoms with Crippen molar-refractivity contribution in [3.8, 4) is 0 Å². The third kappa shape index (κ3) is 6.73. The van der Waals surface area contributed by atoms with Crippen molar-refractivity contribution in [2.45, 2.75) is 87.5 Å². The number of nitrogens with one attached hydrogen (secondary N) is 1. The predicted octanol–water partition coefficient (Wildman–Crippen LogP) is 6.88. The van der Waals surface area contributed by atoms with Gasteiger partial charge < -0.3 is 9.16 Å². The molecular formula is C18H32Cl3NO2Si. The SMILES string of the molecule is C/C=C/[C@@H](OC(=N)C(Cl)(Cl)Cl)[C@@H]1CCCC[C@@H]1O[Si](C)(C)C(C)(C)C. The van der Waals surface area contributed by atoms with Crippen LogP contribution < -0.4 is 0 Å². The fraction of sp³-hybridized carbons (Fsp3) is 0.833. The second kappa shape index (κ2) is 8.96. The first-order valence-corrected chi connectivity index (χ1v) is 13.0. The Morgan fingerprint density at radius 2 is 1.72 bits per heavy atom. The Morgan fingerprint density at radius 3 is 2.20 bits per heavy atom. The standard InChI is InChI=1S/C18H32Cl3NO2Si/c1-7-10-14(23-16(22)18(19,20)21)13-11-8-9-12-15(13)24-25(5,6)17(2,3)4/h7,10,13-15,22H,8-9,11-12H2,1-6H3/b10-7+,22-16?/t13-,14+,15-/m0/s1. The van der Waals surface area contributed by atoms with Crippen molar-refractivity contribution in [2.75, 3.05) is 0 Å². The van der Waals surface area contributed by atoms with E-state index in [0.717, 1.165) is 25.7 Å². The number of allylic oxidation sites excluding steroid dienone is 1. The molecule has 1 rings (SSSR count). The van der Waals surface area contributed by atoms with Crippen LogP contribution in [0.3, 0.4) is 0 Å². The molecule has 1 saturated carbocycles. The number of hydrogen-bond acceptors (Lipinski definition) is 3. The van der Waals surface area contributed by atoms with Crippen molar-refractivity contribution >= 4 is 49.0 Å². The summed E-state index contributed by atoms with van der Waals surface area (Å²) in [4.78, 5) is 0. The first-order chi connectivity index (χ1) is 11.3. The molecule has 1 aliphatic rings. The maximum absolute atomic E-state index is 7.93. The molecule has 7 heteroatoms. The molecule has 0 saturated heterocycles. The maximum atomic E-state index is 7.93. The molecule has 3 atom stereocenters. The Labute approximate surface area is 169 Å². The van der Waals surface area contributed by atoms with Crippen LogP contribution in [0.5, 0.6) is 0 Å². The normalized spacial score (nSPS) is 24.4. The van der Waals surface area contributed by atoms with Crippen LogP contribution in [0.4, 0.5) is 0 Å². The summed E-state index contributed by atoms with van der Waals surface area (Å²) in [5, 5.41) is 8.08. The molecule has 0 aromatic rings. The molecule has 0 aromatic carbocycles. The van der Waals surface area contributed by atoms with Crippen molar-refractivity contribution in [1.29, 1.82) is 5.41 Å². The quantitative estimate of drug-likeness (QED) is 0.170. The molecule has 0 unspecified atom stereocenters. The summed E-state index contributed by atoms with van der Waals surface area (Å²) in [6.45, 7) is 13.2. The van der Waals surface area contributed by atoms with Gasteiger partial charge in [0.25, 0.3) is 3.79 Å². The van der Waals surface area contributed by atoms with E-state index in [1.54, 1.807) is 0 Å². The van der Waals surface area contributed by atoms with E-state index in [0.29, 0.717) is 0 Å². The number of rotatable bonds is 5. The van der Waals surface area contributed by atoms with Crippen LogP contribution in [0.15, 0.2) is 12.2 Å². The molecule has 0 radical (unpaired) electrons. The largest absolute Gasteiger partial charge is 0.470 e. The van der Waals surface area contributed by atoms with Crippen LogP contribution in [0.2, 0.25) is 18.1 Å². The monoisotopic (exact) mass is 427 g/mol. The minimum absolute atomic E-state index is 0.110. The zero-order valence-corrected chi connectivity index (χ0v) is 19.4. The molecule has 1 N–H and O–H groups in total. The smallest absolute Gasteiger partial charge is 0.265 e. The Balaban J connectivity index is 2.99. The molecule has 0 bridgehead atoms. The molecule has 0 spiro atoms. The zero-order valence-electron chi connectivity index (χ0n) is 16.2. The van der Waals surface area contributed by atoms with Gasteiger partial charge >= 0.3 is 0 Å². The van der Waals surface area contributed by atoms with Gasteiger partial charge in [0, 0.05) is 5.92 Å². The van der Waals surface area contributed by atoms with Gasteiger partial charge in [0.2, 0.25) is 5.90 Å². The van der Waals surface area contributed by atoms with E-state index in [1.165, 1.54) is 0 Å². The average Bonchev–Trinajstić information content (AvgIpc) is 2.44. The zero-order chi connectivity index (χ0) is 19.5. The topological polar surface area (TPSA) is 42.3 Å². The van der Waals surface area contributed by atoms with Gasteiger partial charge in [-0.3, -0.25) is 5.41 Å². The fourth-order valence-electron chi connectivity index (χ4n) is 2.86. The highest BCUT2D eigenvalue weighted by atomic mass is 35.6.